The van der Waals surface area contributed by atoms with Crippen molar-refractivity contribution in [2.24, 2.45) is 0 Å². The highest BCUT2D eigenvalue weighted by atomic mass is 35.5. The summed E-state index contributed by atoms with van der Waals surface area (Å²) >= 11 is 0. The van der Waals surface area contributed by atoms with Crippen LogP contribution in [0.4, 0.5) is 5.69 Å². The summed E-state index contributed by atoms with van der Waals surface area (Å²) in [6, 6.07) is 8.20. The number of benzene rings is 1. The van der Waals surface area contributed by atoms with Crippen LogP contribution < -0.4 is 10.6 Å². The molecule has 2 N–H and O–H groups in total. The van der Waals surface area contributed by atoms with Gasteiger partial charge in [0.2, 0.25) is 5.91 Å². The summed E-state index contributed by atoms with van der Waals surface area (Å²) in [5.74, 6) is 0.0677. The minimum Gasteiger partial charge on any atom is -0.379 e. The Morgan fingerprint density at radius 3 is 2.48 bits per heavy atom. The molecule has 0 bridgehead atoms. The molecular weight excluding hydrogens is 361 g/mol. The van der Waals surface area contributed by atoms with E-state index >= 15 is 0 Å². The van der Waals surface area contributed by atoms with Crippen LogP contribution in [0.2, 0.25) is 0 Å². The van der Waals surface area contributed by atoms with Gasteiger partial charge in [0.25, 0.3) is 0 Å². The van der Waals surface area contributed by atoms with Crippen LogP contribution in [0.25, 0.3) is 0 Å². The average Bonchev–Trinajstić information content (AvgIpc) is 2.58. The molecule has 5 nitrogen and oxygen atoms in total. The molecule has 0 radical (unpaired) electrons. The van der Waals surface area contributed by atoms with Crippen LogP contribution >= 0.6 is 24.8 Å². The lowest BCUT2D eigenvalue weighted by atomic mass is 9.90. The van der Waals surface area contributed by atoms with Gasteiger partial charge in [0, 0.05) is 25.3 Å². The lowest BCUT2D eigenvalue weighted by molar-refractivity contribution is -0.122. The zero-order chi connectivity index (χ0) is 16.1. The number of rotatable bonds is 4. The monoisotopic (exact) mass is 389 g/mol. The zero-order valence-corrected chi connectivity index (χ0v) is 16.4. The van der Waals surface area contributed by atoms with Crippen molar-refractivity contribution in [1.82, 2.24) is 10.2 Å². The van der Waals surface area contributed by atoms with Crippen molar-refractivity contribution in [2.45, 2.75) is 38.3 Å². The number of nitrogens with zero attached hydrogens (tertiary/aromatic N) is 1. The van der Waals surface area contributed by atoms with Gasteiger partial charge >= 0.3 is 0 Å². The van der Waals surface area contributed by atoms with Gasteiger partial charge in [0.1, 0.15) is 0 Å². The molecule has 1 amide bonds. The summed E-state index contributed by atoms with van der Waals surface area (Å²) < 4.78 is 5.37. The standard InChI is InChI=1S/C18H27N3O2.2ClH/c1-18(8-2-3-9-19-18)17(22)20-16-6-4-15(5-7-16)14-21-10-12-23-13-11-21;;/h4-7,19H,2-3,8-14H2,1H3,(H,20,22);2*1H. The van der Waals surface area contributed by atoms with Gasteiger partial charge in [-0.25, -0.2) is 0 Å². The Hall–Kier alpha value is -0.850. The van der Waals surface area contributed by atoms with Crippen molar-refractivity contribution in [2.75, 3.05) is 38.2 Å². The fourth-order valence-corrected chi connectivity index (χ4v) is 3.23. The number of amides is 1. The van der Waals surface area contributed by atoms with E-state index in [1.165, 1.54) is 5.56 Å². The van der Waals surface area contributed by atoms with E-state index in [1.807, 2.05) is 19.1 Å². The predicted molar refractivity (Wildman–Crippen MR) is 106 cm³/mol. The Kier molecular flexibility index (Phi) is 9.17. The minimum atomic E-state index is -0.440. The molecular formula is C18H29Cl2N3O2. The van der Waals surface area contributed by atoms with Crippen molar-refractivity contribution in [3.8, 4) is 0 Å². The van der Waals surface area contributed by atoms with E-state index in [0.717, 1.165) is 64.3 Å². The molecule has 2 aliphatic rings. The molecule has 7 heteroatoms. The lowest BCUT2D eigenvalue weighted by Crippen LogP contribution is -2.54. The second-order valence-electron chi connectivity index (χ2n) is 6.76. The second kappa shape index (κ2) is 10.3. The molecule has 1 atom stereocenters. The van der Waals surface area contributed by atoms with Crippen molar-refractivity contribution in [3.63, 3.8) is 0 Å². The van der Waals surface area contributed by atoms with E-state index in [9.17, 15) is 4.79 Å². The van der Waals surface area contributed by atoms with Crippen LogP contribution in [0.3, 0.4) is 0 Å². The van der Waals surface area contributed by atoms with Gasteiger partial charge in [-0.2, -0.15) is 0 Å². The van der Waals surface area contributed by atoms with E-state index in [-0.39, 0.29) is 30.7 Å². The minimum absolute atomic E-state index is 0. The first kappa shape index (κ1) is 22.2. The first-order valence-electron chi connectivity index (χ1n) is 8.61. The molecule has 2 aliphatic heterocycles. The zero-order valence-electron chi connectivity index (χ0n) is 14.8. The number of carbonyl (C=O) groups excluding carboxylic acids is 1. The Morgan fingerprint density at radius 1 is 1.20 bits per heavy atom. The molecule has 25 heavy (non-hydrogen) atoms. The fraction of sp³-hybridized carbons (Fsp3) is 0.611. The van der Waals surface area contributed by atoms with Gasteiger partial charge < -0.3 is 15.4 Å². The molecule has 142 valence electrons. The molecule has 3 rings (SSSR count). The van der Waals surface area contributed by atoms with E-state index in [0.29, 0.717) is 0 Å². The highest BCUT2D eigenvalue weighted by Gasteiger charge is 2.34. The van der Waals surface area contributed by atoms with Gasteiger partial charge in [-0.05, 0) is 50.4 Å². The van der Waals surface area contributed by atoms with Crippen LogP contribution in [0.1, 0.15) is 31.7 Å². The van der Waals surface area contributed by atoms with Crippen molar-refractivity contribution < 1.29 is 9.53 Å². The molecule has 2 saturated heterocycles. The normalized spacial score (nSPS) is 23.9. The Bertz CT molecular complexity index is 528. The third-order valence-corrected chi connectivity index (χ3v) is 4.84. The summed E-state index contributed by atoms with van der Waals surface area (Å²) in [6.45, 7) is 7.47. The van der Waals surface area contributed by atoms with Gasteiger partial charge in [0.15, 0.2) is 0 Å². The Labute approximate surface area is 162 Å². The van der Waals surface area contributed by atoms with E-state index in [1.54, 1.807) is 0 Å². The second-order valence-corrected chi connectivity index (χ2v) is 6.76. The van der Waals surface area contributed by atoms with Crippen LogP contribution in [0, 0.1) is 0 Å². The van der Waals surface area contributed by atoms with E-state index in [2.05, 4.69) is 27.7 Å². The SMILES string of the molecule is CC1(C(=O)Nc2ccc(CN3CCOCC3)cc2)CCCCN1.Cl.Cl. The highest BCUT2D eigenvalue weighted by molar-refractivity contribution is 5.97. The van der Waals surface area contributed by atoms with Crippen LogP contribution in [0.5, 0.6) is 0 Å². The molecule has 2 heterocycles. The number of ether oxygens (including phenoxy) is 1. The molecule has 1 aromatic carbocycles. The molecule has 0 spiro atoms. The maximum Gasteiger partial charge on any atom is 0.244 e. The topological polar surface area (TPSA) is 53.6 Å². The molecule has 1 aromatic rings. The van der Waals surface area contributed by atoms with Crippen molar-refractivity contribution >= 4 is 36.4 Å². The van der Waals surface area contributed by atoms with Gasteiger partial charge in [-0.15, -0.1) is 24.8 Å². The summed E-state index contributed by atoms with van der Waals surface area (Å²) in [4.78, 5) is 14.9. The number of anilines is 1. The molecule has 0 aromatic heterocycles. The molecule has 2 fully saturated rings. The van der Waals surface area contributed by atoms with Crippen LogP contribution in [0.15, 0.2) is 24.3 Å². The van der Waals surface area contributed by atoms with E-state index in [4.69, 9.17) is 4.74 Å². The van der Waals surface area contributed by atoms with E-state index < -0.39 is 5.54 Å². The van der Waals surface area contributed by atoms with Gasteiger partial charge in [-0.3, -0.25) is 9.69 Å². The summed E-state index contributed by atoms with van der Waals surface area (Å²) in [6.07, 6.45) is 3.16. The maximum absolute atomic E-state index is 12.5. The number of hydrogen-bond acceptors (Lipinski definition) is 4. The smallest absolute Gasteiger partial charge is 0.244 e. The lowest BCUT2D eigenvalue weighted by Gasteiger charge is -2.33. The predicted octanol–water partition coefficient (Wildman–Crippen LogP) is 2.83. The molecule has 0 saturated carbocycles. The number of morpholine rings is 1. The number of hydrogen-bond donors (Lipinski definition) is 2. The Morgan fingerprint density at radius 2 is 1.88 bits per heavy atom. The average molecular weight is 390 g/mol. The van der Waals surface area contributed by atoms with Crippen LogP contribution in [-0.4, -0.2) is 49.2 Å². The third kappa shape index (κ3) is 6.12. The fourth-order valence-electron chi connectivity index (χ4n) is 3.23. The first-order valence-corrected chi connectivity index (χ1v) is 8.61. The maximum atomic E-state index is 12.5. The number of carbonyl (C=O) groups is 1. The molecule has 0 aliphatic carbocycles. The third-order valence-electron chi connectivity index (χ3n) is 4.84. The first-order chi connectivity index (χ1) is 11.2. The summed E-state index contributed by atoms with van der Waals surface area (Å²) in [5.41, 5.74) is 1.70. The van der Waals surface area contributed by atoms with Gasteiger partial charge in [0.05, 0.1) is 18.8 Å². The van der Waals surface area contributed by atoms with Crippen LogP contribution in [-0.2, 0) is 16.1 Å². The largest absolute Gasteiger partial charge is 0.379 e. The number of halogens is 2. The Balaban J connectivity index is 0.00000156. The summed E-state index contributed by atoms with van der Waals surface area (Å²) in [7, 11) is 0. The quantitative estimate of drug-likeness (QED) is 0.830. The van der Waals surface area contributed by atoms with Gasteiger partial charge in [-0.1, -0.05) is 12.1 Å². The highest BCUT2D eigenvalue weighted by Crippen LogP contribution is 2.21. The molecule has 1 unspecified atom stereocenters. The number of piperidine rings is 1. The summed E-state index contributed by atoms with van der Waals surface area (Å²) in [5, 5.41) is 6.40. The number of nitrogens with one attached hydrogen (secondary N) is 2. The van der Waals surface area contributed by atoms with Crippen molar-refractivity contribution in [1.29, 1.82) is 0 Å². The van der Waals surface area contributed by atoms with Crippen molar-refractivity contribution in [3.05, 3.63) is 29.8 Å².